The molecular weight excluding hydrogens is 232 g/mol. The van der Waals surface area contributed by atoms with Gasteiger partial charge >= 0.3 is 0 Å². The molecule has 1 aromatic rings. The lowest BCUT2D eigenvalue weighted by Gasteiger charge is -2.04. The molecule has 0 radical (unpaired) electrons. The zero-order valence-corrected chi connectivity index (χ0v) is 7.78. The summed E-state index contributed by atoms with van der Waals surface area (Å²) >= 11 is 2.81. The maximum atomic E-state index is 12.3. The summed E-state index contributed by atoms with van der Waals surface area (Å²) < 4.78 is 24.5. The van der Waals surface area contributed by atoms with Crippen LogP contribution < -0.4 is 5.56 Å². The van der Waals surface area contributed by atoms with Crippen LogP contribution in [0.3, 0.4) is 0 Å². The van der Waals surface area contributed by atoms with E-state index in [-0.39, 0.29) is 10.0 Å². The van der Waals surface area contributed by atoms with Crippen molar-refractivity contribution in [3.05, 3.63) is 32.2 Å². The Hall–Kier alpha value is -0.710. The number of hydrogen-bond acceptors (Lipinski definition) is 1. The third-order valence-corrected chi connectivity index (χ3v) is 2.29. The van der Waals surface area contributed by atoms with Crippen LogP contribution >= 0.6 is 15.9 Å². The molecule has 66 valence electrons. The Bertz CT molecular complexity index is 348. The highest BCUT2D eigenvalue weighted by atomic mass is 79.9. The van der Waals surface area contributed by atoms with E-state index in [1.54, 1.807) is 0 Å². The molecule has 0 aliphatic rings. The maximum Gasteiger partial charge on any atom is 0.265 e. The van der Waals surface area contributed by atoms with Crippen LogP contribution in [0.2, 0.25) is 0 Å². The molecule has 0 amide bonds. The van der Waals surface area contributed by atoms with Crippen LogP contribution in [0, 0.1) is 6.92 Å². The lowest BCUT2D eigenvalue weighted by Crippen LogP contribution is -2.10. The van der Waals surface area contributed by atoms with Crippen molar-refractivity contribution in [1.29, 1.82) is 0 Å². The minimum Gasteiger partial charge on any atom is -0.328 e. The Morgan fingerprint density at radius 3 is 2.58 bits per heavy atom. The second kappa shape index (κ2) is 3.35. The minimum atomic E-state index is -2.62. The van der Waals surface area contributed by atoms with E-state index in [1.165, 1.54) is 13.1 Å². The fraction of sp³-hybridized carbons (Fsp3) is 0.286. The summed E-state index contributed by atoms with van der Waals surface area (Å²) in [5.41, 5.74) is -0.397. The molecule has 5 heteroatoms. The van der Waals surface area contributed by atoms with Crippen molar-refractivity contribution in [2.45, 2.75) is 13.3 Å². The molecule has 1 rings (SSSR count). The van der Waals surface area contributed by atoms with E-state index >= 15 is 0 Å². The molecule has 12 heavy (non-hydrogen) atoms. The first-order valence-corrected chi connectivity index (χ1v) is 3.99. The number of H-pyrrole nitrogens is 1. The molecule has 0 unspecified atom stereocenters. The average Bonchev–Trinajstić information content (AvgIpc) is 1.97. The topological polar surface area (TPSA) is 32.9 Å². The SMILES string of the molecule is Cc1c[nH]c(=O)c(Br)c1C(F)F. The van der Waals surface area contributed by atoms with E-state index in [0.29, 0.717) is 5.56 Å². The van der Waals surface area contributed by atoms with Crippen molar-refractivity contribution in [3.8, 4) is 0 Å². The van der Waals surface area contributed by atoms with E-state index in [2.05, 4.69) is 20.9 Å². The maximum absolute atomic E-state index is 12.3. The normalized spacial score (nSPS) is 10.8. The fourth-order valence-electron chi connectivity index (χ4n) is 0.878. The van der Waals surface area contributed by atoms with Gasteiger partial charge in [-0.2, -0.15) is 0 Å². The number of aromatic nitrogens is 1. The summed E-state index contributed by atoms with van der Waals surface area (Å²) in [6, 6.07) is 0. The first kappa shape index (κ1) is 9.38. The predicted molar refractivity (Wildman–Crippen MR) is 44.5 cm³/mol. The van der Waals surface area contributed by atoms with Crippen molar-refractivity contribution in [1.82, 2.24) is 4.98 Å². The fourth-order valence-corrected chi connectivity index (χ4v) is 1.48. The highest BCUT2D eigenvalue weighted by molar-refractivity contribution is 9.10. The molecule has 0 saturated heterocycles. The van der Waals surface area contributed by atoms with Crippen molar-refractivity contribution >= 4 is 15.9 Å². The van der Waals surface area contributed by atoms with Crippen molar-refractivity contribution in [2.75, 3.05) is 0 Å². The van der Waals surface area contributed by atoms with Crippen LogP contribution in [0.25, 0.3) is 0 Å². The number of aromatic amines is 1. The number of hydrogen-bond donors (Lipinski definition) is 1. The zero-order valence-electron chi connectivity index (χ0n) is 6.20. The lowest BCUT2D eigenvalue weighted by atomic mass is 10.2. The quantitative estimate of drug-likeness (QED) is 0.800. The summed E-state index contributed by atoms with van der Waals surface area (Å²) in [5, 5.41) is 0. The molecule has 0 fully saturated rings. The van der Waals surface area contributed by atoms with Gasteiger partial charge in [0.05, 0.1) is 4.47 Å². The highest BCUT2D eigenvalue weighted by Crippen LogP contribution is 2.26. The molecule has 2 nitrogen and oxygen atoms in total. The number of halogens is 3. The number of rotatable bonds is 1. The van der Waals surface area contributed by atoms with Gasteiger partial charge in [0, 0.05) is 11.8 Å². The molecule has 0 aliphatic carbocycles. The minimum absolute atomic E-state index is 0.0856. The van der Waals surface area contributed by atoms with Crippen LogP contribution in [0.5, 0.6) is 0 Å². The molecule has 0 bridgehead atoms. The number of alkyl halides is 2. The molecule has 1 N–H and O–H groups in total. The van der Waals surface area contributed by atoms with E-state index in [4.69, 9.17) is 0 Å². The smallest absolute Gasteiger partial charge is 0.265 e. The van der Waals surface area contributed by atoms with E-state index < -0.39 is 12.0 Å². The summed E-state index contributed by atoms with van der Waals surface area (Å²) in [4.78, 5) is 13.2. The largest absolute Gasteiger partial charge is 0.328 e. The molecule has 0 atom stereocenters. The molecule has 1 heterocycles. The molecule has 0 spiro atoms. The zero-order chi connectivity index (χ0) is 9.30. The summed E-state index contributed by atoms with van der Waals surface area (Å²) in [5.74, 6) is 0. The standard InChI is InChI=1S/C7H6BrF2NO/c1-3-2-11-7(12)5(8)4(3)6(9)10/h2,6H,1H3,(H,11,12). The third-order valence-electron chi connectivity index (χ3n) is 1.50. The molecule has 0 aliphatic heterocycles. The van der Waals surface area contributed by atoms with Gasteiger partial charge < -0.3 is 4.98 Å². The van der Waals surface area contributed by atoms with Gasteiger partial charge in [-0.05, 0) is 28.4 Å². The Balaban J connectivity index is 3.43. The van der Waals surface area contributed by atoms with Gasteiger partial charge in [-0.25, -0.2) is 8.78 Å². The van der Waals surface area contributed by atoms with Crippen LogP contribution in [-0.2, 0) is 0 Å². The number of aryl methyl sites for hydroxylation is 1. The molecule has 0 aromatic carbocycles. The number of nitrogens with one attached hydrogen (secondary N) is 1. The third kappa shape index (κ3) is 1.55. The van der Waals surface area contributed by atoms with Gasteiger partial charge in [0.15, 0.2) is 0 Å². The van der Waals surface area contributed by atoms with Gasteiger partial charge in [0.25, 0.3) is 12.0 Å². The Morgan fingerprint density at radius 2 is 2.17 bits per heavy atom. The van der Waals surface area contributed by atoms with Crippen molar-refractivity contribution in [2.24, 2.45) is 0 Å². The Labute approximate surface area is 75.7 Å². The van der Waals surface area contributed by atoms with Gasteiger partial charge in [0.1, 0.15) is 0 Å². The second-order valence-corrected chi connectivity index (χ2v) is 3.12. The van der Waals surface area contributed by atoms with Crippen molar-refractivity contribution < 1.29 is 8.78 Å². The summed E-state index contributed by atoms with van der Waals surface area (Å²) in [6.45, 7) is 1.52. The van der Waals surface area contributed by atoms with Crippen LogP contribution in [0.15, 0.2) is 15.5 Å². The van der Waals surface area contributed by atoms with E-state index in [9.17, 15) is 13.6 Å². The van der Waals surface area contributed by atoms with Crippen LogP contribution in [0.1, 0.15) is 17.6 Å². The predicted octanol–water partition coefficient (Wildman–Crippen LogP) is 2.38. The van der Waals surface area contributed by atoms with E-state index in [1.807, 2.05) is 0 Å². The molecular formula is C7H6BrF2NO. The number of pyridine rings is 1. The molecule has 0 saturated carbocycles. The van der Waals surface area contributed by atoms with Gasteiger partial charge in [-0.15, -0.1) is 0 Å². The lowest BCUT2D eigenvalue weighted by molar-refractivity contribution is 0.149. The molecule has 1 aromatic heterocycles. The Kier molecular flexibility index (Phi) is 2.62. The second-order valence-electron chi connectivity index (χ2n) is 2.33. The monoisotopic (exact) mass is 237 g/mol. The van der Waals surface area contributed by atoms with Gasteiger partial charge in [0.2, 0.25) is 0 Å². The van der Waals surface area contributed by atoms with Gasteiger partial charge in [-0.3, -0.25) is 4.79 Å². The summed E-state index contributed by atoms with van der Waals surface area (Å²) in [6.07, 6.45) is -1.35. The first-order chi connectivity index (χ1) is 5.54. The first-order valence-electron chi connectivity index (χ1n) is 3.20. The van der Waals surface area contributed by atoms with Crippen LogP contribution in [-0.4, -0.2) is 4.98 Å². The summed E-state index contributed by atoms with van der Waals surface area (Å²) in [7, 11) is 0. The average molecular weight is 238 g/mol. The van der Waals surface area contributed by atoms with E-state index in [0.717, 1.165) is 0 Å². The van der Waals surface area contributed by atoms with Gasteiger partial charge in [-0.1, -0.05) is 0 Å². The van der Waals surface area contributed by atoms with Crippen molar-refractivity contribution in [3.63, 3.8) is 0 Å². The highest BCUT2D eigenvalue weighted by Gasteiger charge is 2.16. The Morgan fingerprint density at radius 1 is 1.58 bits per heavy atom. The van der Waals surface area contributed by atoms with Crippen LogP contribution in [0.4, 0.5) is 8.78 Å².